The highest BCUT2D eigenvalue weighted by Gasteiger charge is 2.26. The van der Waals surface area contributed by atoms with Crippen LogP contribution in [0.15, 0.2) is 45.9 Å². The van der Waals surface area contributed by atoms with Crippen LogP contribution in [-0.4, -0.2) is 15.0 Å². The molecular formula is C13H15FN2O3S. The first-order chi connectivity index (χ1) is 9.48. The van der Waals surface area contributed by atoms with E-state index in [0.717, 1.165) is 4.31 Å². The molecular weight excluding hydrogens is 283 g/mol. The number of nitrogens with zero attached hydrogens (tertiary/aromatic N) is 1. The molecule has 1 aromatic carbocycles. The molecule has 0 spiro atoms. The number of hydrogen-bond donors (Lipinski definition) is 1. The van der Waals surface area contributed by atoms with E-state index < -0.39 is 15.8 Å². The van der Waals surface area contributed by atoms with Gasteiger partial charge in [0.25, 0.3) is 10.0 Å². The first-order valence-electron chi connectivity index (χ1n) is 6.06. The minimum atomic E-state index is -3.82. The zero-order valence-electron chi connectivity index (χ0n) is 10.9. The Balaban J connectivity index is 2.41. The van der Waals surface area contributed by atoms with Crippen molar-refractivity contribution in [3.63, 3.8) is 0 Å². The van der Waals surface area contributed by atoms with E-state index >= 15 is 0 Å². The van der Waals surface area contributed by atoms with Crippen LogP contribution < -0.4 is 10.0 Å². The maximum absolute atomic E-state index is 12.9. The summed E-state index contributed by atoms with van der Waals surface area (Å²) in [5, 5.41) is -0.177. The molecule has 5 nitrogen and oxygen atoms in total. The van der Waals surface area contributed by atoms with E-state index in [2.05, 4.69) is 0 Å². The molecule has 2 N–H and O–H groups in total. The number of furan rings is 1. The van der Waals surface area contributed by atoms with Crippen molar-refractivity contribution in [3.8, 4) is 0 Å². The Morgan fingerprint density at radius 3 is 2.35 bits per heavy atom. The lowest BCUT2D eigenvalue weighted by Gasteiger charge is -2.21. The molecule has 0 radical (unpaired) electrons. The van der Waals surface area contributed by atoms with Crippen LogP contribution in [0, 0.1) is 5.82 Å². The van der Waals surface area contributed by atoms with Gasteiger partial charge in [-0.2, -0.15) is 8.42 Å². The van der Waals surface area contributed by atoms with Gasteiger partial charge in [0.2, 0.25) is 5.09 Å². The highest BCUT2D eigenvalue weighted by atomic mass is 32.2. The van der Waals surface area contributed by atoms with Crippen molar-refractivity contribution in [2.24, 2.45) is 5.73 Å². The number of rotatable bonds is 5. The summed E-state index contributed by atoms with van der Waals surface area (Å²) in [5.41, 5.74) is 5.77. The fourth-order valence-electron chi connectivity index (χ4n) is 1.81. The Hall–Kier alpha value is -1.86. The molecule has 0 saturated carbocycles. The maximum Gasteiger partial charge on any atom is 0.297 e. The molecule has 0 amide bonds. The van der Waals surface area contributed by atoms with E-state index in [0.29, 0.717) is 11.4 Å². The molecule has 0 aliphatic heterocycles. The Morgan fingerprint density at radius 1 is 1.20 bits per heavy atom. The second kappa shape index (κ2) is 5.64. The second-order valence-corrected chi connectivity index (χ2v) is 5.86. The minimum Gasteiger partial charge on any atom is -0.446 e. The van der Waals surface area contributed by atoms with Gasteiger partial charge in [-0.3, -0.25) is 4.31 Å². The van der Waals surface area contributed by atoms with Crippen molar-refractivity contribution in [2.75, 3.05) is 10.8 Å². The first kappa shape index (κ1) is 14.5. The van der Waals surface area contributed by atoms with Crippen LogP contribution in [-0.2, 0) is 16.6 Å². The number of anilines is 1. The quantitative estimate of drug-likeness (QED) is 0.917. The summed E-state index contributed by atoms with van der Waals surface area (Å²) in [6.45, 7) is 2.01. The third-order valence-electron chi connectivity index (χ3n) is 2.78. The smallest absolute Gasteiger partial charge is 0.297 e. The van der Waals surface area contributed by atoms with Gasteiger partial charge in [-0.25, -0.2) is 4.39 Å². The molecule has 0 fully saturated rings. The van der Waals surface area contributed by atoms with Crippen molar-refractivity contribution < 1.29 is 17.2 Å². The first-order valence-corrected chi connectivity index (χ1v) is 7.50. The number of nitrogens with two attached hydrogens (primary N) is 1. The third kappa shape index (κ3) is 2.68. The summed E-state index contributed by atoms with van der Waals surface area (Å²) in [5.74, 6) is -0.0376. The fourth-order valence-corrected chi connectivity index (χ4v) is 3.22. The average molecular weight is 298 g/mol. The summed E-state index contributed by atoms with van der Waals surface area (Å²) in [6.07, 6.45) is 0. The molecule has 0 aliphatic rings. The van der Waals surface area contributed by atoms with Gasteiger partial charge < -0.3 is 10.2 Å². The number of sulfonamides is 1. The van der Waals surface area contributed by atoms with Gasteiger partial charge in [0, 0.05) is 6.54 Å². The van der Waals surface area contributed by atoms with Gasteiger partial charge in [-0.05, 0) is 43.3 Å². The van der Waals surface area contributed by atoms with E-state index in [1.54, 1.807) is 6.92 Å². The molecule has 7 heteroatoms. The van der Waals surface area contributed by atoms with Crippen LogP contribution >= 0.6 is 0 Å². The zero-order valence-corrected chi connectivity index (χ0v) is 11.7. The van der Waals surface area contributed by atoms with Crippen LogP contribution in [0.3, 0.4) is 0 Å². The Labute approximate surface area is 116 Å². The largest absolute Gasteiger partial charge is 0.446 e. The lowest BCUT2D eigenvalue weighted by Crippen LogP contribution is -2.30. The van der Waals surface area contributed by atoms with Crippen LogP contribution in [0.2, 0.25) is 0 Å². The van der Waals surface area contributed by atoms with E-state index in [1.165, 1.54) is 36.4 Å². The summed E-state index contributed by atoms with van der Waals surface area (Å²) in [7, 11) is -3.82. The standard InChI is InChI=1S/C13H15FN2O3S/c1-2-16(11-5-3-10(14)4-6-11)20(17,18)13-8-7-12(9-15)19-13/h3-8H,2,9,15H2,1H3. The van der Waals surface area contributed by atoms with E-state index in [4.69, 9.17) is 10.2 Å². The van der Waals surface area contributed by atoms with E-state index in [1.807, 2.05) is 0 Å². The second-order valence-electron chi connectivity index (χ2n) is 4.07. The van der Waals surface area contributed by atoms with Crippen molar-refractivity contribution >= 4 is 15.7 Å². The fraction of sp³-hybridized carbons (Fsp3) is 0.231. The van der Waals surface area contributed by atoms with Crippen molar-refractivity contribution in [1.82, 2.24) is 0 Å². The van der Waals surface area contributed by atoms with Gasteiger partial charge in [0.15, 0.2) is 0 Å². The van der Waals surface area contributed by atoms with Gasteiger partial charge in [-0.15, -0.1) is 0 Å². The lowest BCUT2D eigenvalue weighted by atomic mass is 10.3. The molecule has 0 atom stereocenters. The maximum atomic E-state index is 12.9. The summed E-state index contributed by atoms with van der Waals surface area (Å²) in [4.78, 5) is 0. The van der Waals surface area contributed by atoms with Gasteiger partial charge in [0.1, 0.15) is 11.6 Å². The number of halogens is 1. The number of benzene rings is 1. The molecule has 1 heterocycles. The third-order valence-corrected chi connectivity index (χ3v) is 4.56. The van der Waals surface area contributed by atoms with Crippen molar-refractivity contribution in [1.29, 1.82) is 0 Å². The highest BCUT2D eigenvalue weighted by molar-refractivity contribution is 7.92. The van der Waals surface area contributed by atoms with Crippen LogP contribution in [0.1, 0.15) is 12.7 Å². The number of hydrogen-bond acceptors (Lipinski definition) is 4. The molecule has 2 aromatic rings. The molecule has 1 aromatic heterocycles. The minimum absolute atomic E-state index is 0.123. The Morgan fingerprint density at radius 2 is 1.85 bits per heavy atom. The predicted octanol–water partition coefficient (Wildman–Crippen LogP) is 2.09. The molecule has 2 rings (SSSR count). The van der Waals surface area contributed by atoms with E-state index in [-0.39, 0.29) is 18.2 Å². The Bertz CT molecular complexity index is 680. The van der Waals surface area contributed by atoms with Gasteiger partial charge >= 0.3 is 0 Å². The molecule has 0 unspecified atom stereocenters. The SMILES string of the molecule is CCN(c1ccc(F)cc1)S(=O)(=O)c1ccc(CN)o1. The molecule has 20 heavy (non-hydrogen) atoms. The monoisotopic (exact) mass is 298 g/mol. The van der Waals surface area contributed by atoms with Crippen LogP contribution in [0.5, 0.6) is 0 Å². The molecule has 0 aliphatic carbocycles. The topological polar surface area (TPSA) is 76.5 Å². The summed E-state index contributed by atoms with van der Waals surface area (Å²) < 4.78 is 44.2. The molecule has 0 saturated heterocycles. The van der Waals surface area contributed by atoms with Gasteiger partial charge in [0.05, 0.1) is 12.2 Å². The van der Waals surface area contributed by atoms with Gasteiger partial charge in [-0.1, -0.05) is 0 Å². The normalized spacial score (nSPS) is 11.6. The van der Waals surface area contributed by atoms with Crippen molar-refractivity contribution in [2.45, 2.75) is 18.6 Å². The summed E-state index contributed by atoms with van der Waals surface area (Å²) >= 11 is 0. The molecule has 108 valence electrons. The Kier molecular flexibility index (Phi) is 4.10. The summed E-state index contributed by atoms with van der Waals surface area (Å²) in [6, 6.07) is 8.11. The highest BCUT2D eigenvalue weighted by Crippen LogP contribution is 2.24. The zero-order chi connectivity index (χ0) is 14.8. The van der Waals surface area contributed by atoms with Crippen molar-refractivity contribution in [3.05, 3.63) is 48.0 Å². The lowest BCUT2D eigenvalue weighted by molar-refractivity contribution is 0.415. The molecule has 0 bridgehead atoms. The van der Waals surface area contributed by atoms with Crippen LogP contribution in [0.4, 0.5) is 10.1 Å². The predicted molar refractivity (Wildman–Crippen MR) is 73.2 cm³/mol. The van der Waals surface area contributed by atoms with Crippen LogP contribution in [0.25, 0.3) is 0 Å². The average Bonchev–Trinajstić information content (AvgIpc) is 2.91. The van der Waals surface area contributed by atoms with E-state index in [9.17, 15) is 12.8 Å².